The zero-order chi connectivity index (χ0) is 13.8. The molecule has 1 amide bonds. The van der Waals surface area contributed by atoms with Gasteiger partial charge in [-0.05, 0) is 18.8 Å². The molecule has 5 heteroatoms. The van der Waals surface area contributed by atoms with Crippen molar-refractivity contribution < 1.29 is 18.3 Å². The Bertz CT molecular complexity index is 445. The molecule has 0 bridgehead atoms. The number of rotatable bonds is 3. The minimum Gasteiger partial charge on any atom is -0.484 e. The molecule has 0 aromatic heterocycles. The standard InChI is InChI=1S/C14H17F2NO2/c1-10-3-2-4-17(8-10)14(18)9-19-13-6-11(15)5-12(16)7-13/h5-7,10H,2-4,8-9H2,1H3. The van der Waals surface area contributed by atoms with Crippen LogP contribution in [0.2, 0.25) is 0 Å². The molecule has 3 nitrogen and oxygen atoms in total. The molecule has 1 aromatic carbocycles. The monoisotopic (exact) mass is 269 g/mol. The number of ether oxygens (including phenoxy) is 1. The lowest BCUT2D eigenvalue weighted by molar-refractivity contribution is -0.135. The van der Waals surface area contributed by atoms with Crippen molar-refractivity contribution in [3.63, 3.8) is 0 Å². The molecule has 1 atom stereocenters. The Balaban J connectivity index is 1.89. The topological polar surface area (TPSA) is 29.5 Å². The van der Waals surface area contributed by atoms with Crippen LogP contribution in [0.1, 0.15) is 19.8 Å². The zero-order valence-electron chi connectivity index (χ0n) is 10.9. The van der Waals surface area contributed by atoms with E-state index in [2.05, 4.69) is 6.92 Å². The van der Waals surface area contributed by atoms with Crippen molar-refractivity contribution in [1.29, 1.82) is 0 Å². The molecule has 1 fully saturated rings. The highest BCUT2D eigenvalue weighted by Crippen LogP contribution is 2.17. The van der Waals surface area contributed by atoms with Crippen LogP contribution >= 0.6 is 0 Å². The molecule has 0 spiro atoms. The second-order valence-corrected chi connectivity index (χ2v) is 4.98. The number of nitrogens with zero attached hydrogens (tertiary/aromatic N) is 1. The largest absolute Gasteiger partial charge is 0.484 e. The van der Waals surface area contributed by atoms with E-state index in [9.17, 15) is 13.6 Å². The van der Waals surface area contributed by atoms with Crippen LogP contribution in [0.4, 0.5) is 8.78 Å². The van der Waals surface area contributed by atoms with Crippen molar-refractivity contribution >= 4 is 5.91 Å². The molecule has 0 saturated carbocycles. The van der Waals surface area contributed by atoms with E-state index in [0.29, 0.717) is 5.92 Å². The summed E-state index contributed by atoms with van der Waals surface area (Å²) in [6.07, 6.45) is 2.11. The third-order valence-electron chi connectivity index (χ3n) is 3.21. The fourth-order valence-corrected chi connectivity index (χ4v) is 2.26. The lowest BCUT2D eigenvalue weighted by Crippen LogP contribution is -2.41. The number of piperidine rings is 1. The van der Waals surface area contributed by atoms with Crippen LogP contribution in [0, 0.1) is 17.6 Å². The number of benzene rings is 1. The van der Waals surface area contributed by atoms with Crippen LogP contribution in [-0.2, 0) is 4.79 Å². The van der Waals surface area contributed by atoms with E-state index in [1.165, 1.54) is 0 Å². The Morgan fingerprint density at radius 3 is 2.68 bits per heavy atom. The maximum absolute atomic E-state index is 12.9. The number of halogens is 2. The van der Waals surface area contributed by atoms with Crippen LogP contribution < -0.4 is 4.74 Å². The summed E-state index contributed by atoms with van der Waals surface area (Å²) in [5.74, 6) is -1.04. The Hall–Kier alpha value is -1.65. The average molecular weight is 269 g/mol. The molecule has 19 heavy (non-hydrogen) atoms. The first-order valence-electron chi connectivity index (χ1n) is 6.41. The van der Waals surface area contributed by atoms with E-state index in [1.54, 1.807) is 4.90 Å². The van der Waals surface area contributed by atoms with Gasteiger partial charge in [0, 0.05) is 31.3 Å². The van der Waals surface area contributed by atoms with Gasteiger partial charge in [0.1, 0.15) is 17.4 Å². The number of likely N-dealkylation sites (tertiary alicyclic amines) is 1. The van der Waals surface area contributed by atoms with Gasteiger partial charge >= 0.3 is 0 Å². The van der Waals surface area contributed by atoms with Gasteiger partial charge in [0.25, 0.3) is 5.91 Å². The van der Waals surface area contributed by atoms with E-state index >= 15 is 0 Å². The molecule has 1 aliphatic heterocycles. The first-order chi connectivity index (χ1) is 9.04. The highest BCUT2D eigenvalue weighted by atomic mass is 19.1. The van der Waals surface area contributed by atoms with Gasteiger partial charge in [-0.1, -0.05) is 6.92 Å². The van der Waals surface area contributed by atoms with Crippen molar-refractivity contribution in [3.8, 4) is 5.75 Å². The molecule has 2 rings (SSSR count). The number of hydrogen-bond acceptors (Lipinski definition) is 2. The minimum absolute atomic E-state index is 0.0379. The van der Waals surface area contributed by atoms with E-state index in [1.807, 2.05) is 0 Å². The molecule has 0 N–H and O–H groups in total. The van der Waals surface area contributed by atoms with Gasteiger partial charge in [-0.2, -0.15) is 0 Å². The second kappa shape index (κ2) is 5.99. The lowest BCUT2D eigenvalue weighted by atomic mass is 10.0. The summed E-state index contributed by atoms with van der Waals surface area (Å²) in [4.78, 5) is 13.6. The highest BCUT2D eigenvalue weighted by molar-refractivity contribution is 5.77. The lowest BCUT2D eigenvalue weighted by Gasteiger charge is -2.30. The smallest absolute Gasteiger partial charge is 0.260 e. The summed E-state index contributed by atoms with van der Waals surface area (Å²) in [7, 11) is 0. The minimum atomic E-state index is -0.714. The first-order valence-corrected chi connectivity index (χ1v) is 6.41. The Labute approximate surface area is 111 Å². The maximum atomic E-state index is 12.9. The summed E-state index contributed by atoms with van der Waals surface area (Å²) in [6.45, 7) is 3.36. The third kappa shape index (κ3) is 3.91. The van der Waals surface area contributed by atoms with Gasteiger partial charge in [0.05, 0.1) is 0 Å². The predicted octanol–water partition coefficient (Wildman–Crippen LogP) is 2.60. The number of carbonyl (C=O) groups excluding carboxylic acids is 1. The number of amides is 1. The number of carbonyl (C=O) groups is 1. The molecule has 0 aliphatic carbocycles. The summed E-state index contributed by atoms with van der Waals surface area (Å²) in [6, 6.07) is 2.89. The molecule has 104 valence electrons. The molecule has 1 aliphatic rings. The van der Waals surface area contributed by atoms with Crippen LogP contribution in [0.15, 0.2) is 18.2 Å². The van der Waals surface area contributed by atoms with Crippen LogP contribution in [0.3, 0.4) is 0 Å². The molecular weight excluding hydrogens is 252 g/mol. The quantitative estimate of drug-likeness (QED) is 0.844. The highest BCUT2D eigenvalue weighted by Gasteiger charge is 2.21. The summed E-state index contributed by atoms with van der Waals surface area (Å²) < 4.78 is 31.0. The van der Waals surface area contributed by atoms with Crippen molar-refractivity contribution in [1.82, 2.24) is 4.90 Å². The van der Waals surface area contributed by atoms with Gasteiger partial charge < -0.3 is 9.64 Å². The predicted molar refractivity (Wildman–Crippen MR) is 66.8 cm³/mol. The van der Waals surface area contributed by atoms with Gasteiger partial charge in [-0.25, -0.2) is 8.78 Å². The van der Waals surface area contributed by atoms with E-state index < -0.39 is 11.6 Å². The molecule has 1 unspecified atom stereocenters. The fraction of sp³-hybridized carbons (Fsp3) is 0.500. The average Bonchev–Trinajstić information content (AvgIpc) is 2.35. The fourth-order valence-electron chi connectivity index (χ4n) is 2.26. The zero-order valence-corrected chi connectivity index (χ0v) is 10.9. The Morgan fingerprint density at radius 1 is 1.37 bits per heavy atom. The molecule has 1 heterocycles. The van der Waals surface area contributed by atoms with Crippen molar-refractivity contribution in [2.45, 2.75) is 19.8 Å². The van der Waals surface area contributed by atoms with Crippen molar-refractivity contribution in [2.75, 3.05) is 19.7 Å². The normalized spacial score (nSPS) is 19.3. The van der Waals surface area contributed by atoms with Gasteiger partial charge in [0.2, 0.25) is 0 Å². The molecule has 0 radical (unpaired) electrons. The van der Waals surface area contributed by atoms with E-state index in [-0.39, 0.29) is 18.3 Å². The van der Waals surface area contributed by atoms with Crippen LogP contribution in [0.5, 0.6) is 5.75 Å². The summed E-state index contributed by atoms with van der Waals surface area (Å²) in [5.41, 5.74) is 0. The third-order valence-corrected chi connectivity index (χ3v) is 3.21. The van der Waals surface area contributed by atoms with Crippen LogP contribution in [-0.4, -0.2) is 30.5 Å². The molecular formula is C14H17F2NO2. The summed E-state index contributed by atoms with van der Waals surface area (Å²) >= 11 is 0. The van der Waals surface area contributed by atoms with E-state index in [4.69, 9.17) is 4.74 Å². The van der Waals surface area contributed by atoms with Crippen molar-refractivity contribution in [3.05, 3.63) is 29.8 Å². The van der Waals surface area contributed by atoms with Crippen molar-refractivity contribution in [2.24, 2.45) is 5.92 Å². The second-order valence-electron chi connectivity index (χ2n) is 4.98. The summed E-state index contributed by atoms with van der Waals surface area (Å²) in [5, 5.41) is 0. The SMILES string of the molecule is CC1CCCN(C(=O)COc2cc(F)cc(F)c2)C1. The number of hydrogen-bond donors (Lipinski definition) is 0. The Morgan fingerprint density at radius 2 is 2.05 bits per heavy atom. The first kappa shape index (κ1) is 13.8. The van der Waals surface area contributed by atoms with E-state index in [0.717, 1.165) is 44.1 Å². The Kier molecular flexibility index (Phi) is 4.35. The maximum Gasteiger partial charge on any atom is 0.260 e. The molecule has 1 saturated heterocycles. The molecule has 1 aromatic rings. The van der Waals surface area contributed by atoms with Crippen LogP contribution in [0.25, 0.3) is 0 Å². The van der Waals surface area contributed by atoms with Gasteiger partial charge in [0.15, 0.2) is 6.61 Å². The van der Waals surface area contributed by atoms with Gasteiger partial charge in [-0.15, -0.1) is 0 Å². The van der Waals surface area contributed by atoms with Gasteiger partial charge in [-0.3, -0.25) is 4.79 Å².